The molecule has 0 saturated carbocycles. The smallest absolute Gasteiger partial charge is 0.310 e. The fourth-order valence-corrected chi connectivity index (χ4v) is 3.53. The maximum Gasteiger partial charge on any atom is 0.310 e. The molecule has 3 atom stereocenters. The Kier molecular flexibility index (Phi) is 12.5. The molecule has 0 radical (unpaired) electrons. The molecule has 194 valence electrons. The van der Waals surface area contributed by atoms with Crippen LogP contribution in [0.3, 0.4) is 0 Å². The van der Waals surface area contributed by atoms with Crippen molar-refractivity contribution in [3.05, 3.63) is 71.4 Å². The molecule has 1 aromatic carbocycles. The van der Waals surface area contributed by atoms with Crippen molar-refractivity contribution in [1.29, 1.82) is 0 Å². The van der Waals surface area contributed by atoms with Crippen LogP contribution in [0.1, 0.15) is 65.9 Å². The number of methoxy groups -OCH3 is 1. The zero-order valence-corrected chi connectivity index (χ0v) is 22.0. The van der Waals surface area contributed by atoms with Gasteiger partial charge in [0.2, 0.25) is 0 Å². The number of ether oxygens (including phenoxy) is 2. The number of benzene rings is 1. The van der Waals surface area contributed by atoms with Crippen LogP contribution in [0.4, 0.5) is 0 Å². The summed E-state index contributed by atoms with van der Waals surface area (Å²) in [5, 5.41) is 30.1. The van der Waals surface area contributed by atoms with Crippen LogP contribution in [0, 0.1) is 0 Å². The number of hydrogen-bond donors (Lipinski definition) is 3. The van der Waals surface area contributed by atoms with Crippen LogP contribution in [0.5, 0.6) is 11.5 Å². The van der Waals surface area contributed by atoms with E-state index in [9.17, 15) is 20.1 Å². The summed E-state index contributed by atoms with van der Waals surface area (Å²) in [6.07, 6.45) is 8.79. The first-order chi connectivity index (χ1) is 16.4. The van der Waals surface area contributed by atoms with E-state index in [1.165, 1.54) is 24.8 Å². The lowest BCUT2D eigenvalue weighted by molar-refractivity contribution is -0.139. The molecule has 0 fully saturated rings. The Morgan fingerprint density at radius 3 is 2.43 bits per heavy atom. The summed E-state index contributed by atoms with van der Waals surface area (Å²) in [6, 6.07) is 4.67. The molecule has 0 aliphatic rings. The van der Waals surface area contributed by atoms with Gasteiger partial charge in [0.05, 0.1) is 13.5 Å². The van der Waals surface area contributed by atoms with Gasteiger partial charge in [-0.3, -0.25) is 4.79 Å². The summed E-state index contributed by atoms with van der Waals surface area (Å²) >= 11 is 0. The first-order valence-electron chi connectivity index (χ1n) is 12.0. The minimum absolute atomic E-state index is 0.000530. The summed E-state index contributed by atoms with van der Waals surface area (Å²) in [5.74, 6) is 0.145. The predicted molar refractivity (Wildman–Crippen MR) is 140 cm³/mol. The number of rotatable bonds is 14. The second kappa shape index (κ2) is 14.5. The molecule has 6 heteroatoms. The molecule has 35 heavy (non-hydrogen) atoms. The van der Waals surface area contributed by atoms with E-state index < -0.39 is 23.8 Å². The number of hydrogen-bond acceptors (Lipinski definition) is 6. The van der Waals surface area contributed by atoms with Crippen LogP contribution in [-0.2, 0) is 16.0 Å². The average Bonchev–Trinajstić information content (AvgIpc) is 2.79. The Hall–Kier alpha value is -2.83. The van der Waals surface area contributed by atoms with Crippen molar-refractivity contribution in [2.45, 2.75) is 84.5 Å². The Balaban J connectivity index is 2.72. The standard InChI is InChI=1S/C29H42O6/c1-8-29(6,35-26-15-14-24(30)18-23(26)19-27(32)34-7)16-10-12-21(4)11-9-13-22(5)28(33)25(31)17-20(2)3/h8,12-15,17-18,25,28,30-31,33H,1,9-11,16,19H2,2-7H3/b21-12+,22-13+/t25-,28-,29?/m1/s1. The highest BCUT2D eigenvalue weighted by Gasteiger charge is 2.24. The molecule has 0 aliphatic carbocycles. The zero-order chi connectivity index (χ0) is 26.6. The molecular weight excluding hydrogens is 444 g/mol. The van der Waals surface area contributed by atoms with E-state index >= 15 is 0 Å². The zero-order valence-electron chi connectivity index (χ0n) is 22.0. The molecule has 0 heterocycles. The highest BCUT2D eigenvalue weighted by molar-refractivity contribution is 5.73. The number of aliphatic hydroxyl groups is 2. The maximum atomic E-state index is 11.7. The minimum atomic E-state index is -0.899. The highest BCUT2D eigenvalue weighted by atomic mass is 16.5. The monoisotopic (exact) mass is 486 g/mol. The van der Waals surface area contributed by atoms with Crippen molar-refractivity contribution in [1.82, 2.24) is 0 Å². The average molecular weight is 487 g/mol. The first kappa shape index (κ1) is 30.2. The Morgan fingerprint density at radius 2 is 1.83 bits per heavy atom. The first-order valence-corrected chi connectivity index (χ1v) is 12.0. The molecule has 3 N–H and O–H groups in total. The van der Waals surface area contributed by atoms with E-state index in [0.717, 1.165) is 30.4 Å². The summed E-state index contributed by atoms with van der Waals surface area (Å²) in [4.78, 5) is 11.7. The Labute approximate surface area is 210 Å². The number of esters is 1. The van der Waals surface area contributed by atoms with E-state index in [1.54, 1.807) is 18.2 Å². The molecule has 0 amide bonds. The van der Waals surface area contributed by atoms with E-state index in [4.69, 9.17) is 9.47 Å². The van der Waals surface area contributed by atoms with Crippen LogP contribution >= 0.6 is 0 Å². The van der Waals surface area contributed by atoms with Gasteiger partial charge in [-0.15, -0.1) is 0 Å². The lowest BCUT2D eigenvalue weighted by Gasteiger charge is -2.28. The van der Waals surface area contributed by atoms with E-state index in [1.807, 2.05) is 33.8 Å². The third-order valence-corrected chi connectivity index (χ3v) is 5.81. The van der Waals surface area contributed by atoms with E-state index in [-0.39, 0.29) is 12.2 Å². The molecule has 1 unspecified atom stereocenters. The third kappa shape index (κ3) is 11.0. The van der Waals surface area contributed by atoms with Crippen LogP contribution in [0.15, 0.2) is 65.8 Å². The summed E-state index contributed by atoms with van der Waals surface area (Å²) in [7, 11) is 1.32. The molecule has 1 rings (SSSR count). The minimum Gasteiger partial charge on any atom is -0.508 e. The Morgan fingerprint density at radius 1 is 1.14 bits per heavy atom. The number of allylic oxidation sites excluding steroid dienone is 4. The fourth-order valence-electron chi connectivity index (χ4n) is 3.53. The van der Waals surface area contributed by atoms with Crippen molar-refractivity contribution >= 4 is 5.97 Å². The predicted octanol–water partition coefficient (Wildman–Crippen LogP) is 5.57. The second-order valence-corrected chi connectivity index (χ2v) is 9.42. The molecule has 0 aromatic heterocycles. The lowest BCUT2D eigenvalue weighted by Crippen LogP contribution is -2.30. The van der Waals surface area contributed by atoms with Gasteiger partial charge in [-0.25, -0.2) is 0 Å². The Bertz CT molecular complexity index is 938. The van der Waals surface area contributed by atoms with Gasteiger partial charge in [0.15, 0.2) is 0 Å². The normalized spacial score (nSPS) is 15.5. The molecule has 0 saturated heterocycles. The maximum absolute atomic E-state index is 11.7. The molecular formula is C29H42O6. The number of phenols is 1. The quantitative estimate of drug-likeness (QED) is 0.235. The molecule has 1 aromatic rings. The van der Waals surface area contributed by atoms with Crippen molar-refractivity contribution in [2.24, 2.45) is 0 Å². The van der Waals surface area contributed by atoms with Crippen molar-refractivity contribution in [2.75, 3.05) is 7.11 Å². The molecule has 0 spiro atoms. The summed E-state index contributed by atoms with van der Waals surface area (Å²) < 4.78 is 11.0. The van der Waals surface area contributed by atoms with Gasteiger partial charge in [-0.1, -0.05) is 36.0 Å². The number of carbonyl (C=O) groups is 1. The SMILES string of the molecule is C=CC(C)(CC/C=C(\C)CC/C=C(\C)[C@@H](O)[C@H](O)C=C(C)C)Oc1ccc(O)cc1CC(=O)OC. The van der Waals surface area contributed by atoms with Crippen molar-refractivity contribution < 1.29 is 29.6 Å². The van der Waals surface area contributed by atoms with Gasteiger partial charge in [-0.05, 0) is 90.2 Å². The summed E-state index contributed by atoms with van der Waals surface area (Å²) in [5.41, 5.74) is 2.82. The van der Waals surface area contributed by atoms with Crippen LogP contribution < -0.4 is 4.74 Å². The van der Waals surface area contributed by atoms with Crippen LogP contribution in [-0.4, -0.2) is 46.2 Å². The number of aliphatic hydroxyl groups excluding tert-OH is 2. The van der Waals surface area contributed by atoms with Gasteiger partial charge in [0.25, 0.3) is 0 Å². The highest BCUT2D eigenvalue weighted by Crippen LogP contribution is 2.30. The fraction of sp³-hybridized carbons (Fsp3) is 0.483. The number of aromatic hydroxyl groups is 1. The van der Waals surface area contributed by atoms with Gasteiger partial charge >= 0.3 is 5.97 Å². The van der Waals surface area contributed by atoms with Crippen molar-refractivity contribution in [3.8, 4) is 11.5 Å². The topological polar surface area (TPSA) is 96.2 Å². The number of phenolic OH excluding ortho intramolecular Hbond substituents is 1. The van der Waals surface area contributed by atoms with Gasteiger partial charge in [0, 0.05) is 5.56 Å². The third-order valence-electron chi connectivity index (χ3n) is 5.81. The number of carbonyl (C=O) groups excluding carboxylic acids is 1. The van der Waals surface area contributed by atoms with Crippen LogP contribution in [0.25, 0.3) is 0 Å². The van der Waals surface area contributed by atoms with Gasteiger partial charge < -0.3 is 24.8 Å². The van der Waals surface area contributed by atoms with Gasteiger partial charge in [0.1, 0.15) is 29.3 Å². The summed E-state index contributed by atoms with van der Waals surface area (Å²) in [6.45, 7) is 13.5. The van der Waals surface area contributed by atoms with Crippen LogP contribution in [0.2, 0.25) is 0 Å². The molecule has 0 aliphatic heterocycles. The van der Waals surface area contributed by atoms with Gasteiger partial charge in [-0.2, -0.15) is 0 Å². The van der Waals surface area contributed by atoms with Crippen molar-refractivity contribution in [3.63, 3.8) is 0 Å². The van der Waals surface area contributed by atoms with E-state index in [2.05, 4.69) is 19.6 Å². The second-order valence-electron chi connectivity index (χ2n) is 9.42. The molecule has 0 bridgehead atoms. The molecule has 6 nitrogen and oxygen atoms in total. The lowest BCUT2D eigenvalue weighted by atomic mass is 9.97. The largest absolute Gasteiger partial charge is 0.508 e. The van der Waals surface area contributed by atoms with E-state index in [0.29, 0.717) is 17.7 Å².